The van der Waals surface area contributed by atoms with Crippen LogP contribution in [-0.4, -0.2) is 48.2 Å². The summed E-state index contributed by atoms with van der Waals surface area (Å²) in [6, 6.07) is 0. The fourth-order valence-electron chi connectivity index (χ4n) is 1.25. The van der Waals surface area contributed by atoms with Gasteiger partial charge in [0.15, 0.2) is 12.5 Å². The van der Waals surface area contributed by atoms with Crippen molar-refractivity contribution < 1.29 is 13.7 Å². The molecule has 1 heterocycles. The van der Waals surface area contributed by atoms with Crippen molar-refractivity contribution in [3.63, 3.8) is 0 Å². The third-order valence-corrected chi connectivity index (χ3v) is 2.03. The first-order chi connectivity index (χ1) is 6.33. The highest BCUT2D eigenvalue weighted by atomic mass is 32.1. The lowest BCUT2D eigenvalue weighted by atomic mass is 10.1. The van der Waals surface area contributed by atoms with Crippen molar-refractivity contribution in [3.05, 3.63) is 0 Å². The topological polar surface area (TPSA) is 46.6 Å². The van der Waals surface area contributed by atoms with Gasteiger partial charge in [-0.2, -0.15) is 4.21 Å². The van der Waals surface area contributed by atoms with Gasteiger partial charge < -0.3 is 9.64 Å². The van der Waals surface area contributed by atoms with Gasteiger partial charge in [-0.25, -0.2) is 0 Å². The molecule has 1 saturated heterocycles. The maximum absolute atomic E-state index is 10.8. The Balaban J connectivity index is 0.000000671. The van der Waals surface area contributed by atoms with Gasteiger partial charge >= 0.3 is 0 Å². The number of carbonyl (C=O) groups is 1. The maximum Gasteiger partial charge on any atom is 0.197 e. The molecule has 1 aliphatic heterocycles. The zero-order valence-corrected chi connectivity index (χ0v) is 8.64. The highest BCUT2D eigenvalue weighted by Gasteiger charge is 2.14. The van der Waals surface area contributed by atoms with E-state index in [1.165, 1.54) is 0 Å². The molecule has 0 N–H and O–H groups in total. The van der Waals surface area contributed by atoms with Gasteiger partial charge in [-0.05, 0) is 0 Å². The minimum absolute atomic E-state index is 0.402. The van der Waals surface area contributed by atoms with Gasteiger partial charge in [-0.15, -0.1) is 0 Å². The van der Waals surface area contributed by atoms with Gasteiger partial charge in [0.2, 0.25) is 0 Å². The van der Waals surface area contributed by atoms with Crippen molar-refractivity contribution in [1.82, 2.24) is 4.90 Å². The van der Waals surface area contributed by atoms with Crippen LogP contribution in [0.1, 0.15) is 12.8 Å². The largest absolute Gasteiger partial charge is 0.383 e. The standard InChI is InChI=1S/C8H15NO2.OS/c1-11-7-6-9-4-2-8(10)3-5-9;1-2/h2-7H2,1H3;. The van der Waals surface area contributed by atoms with E-state index in [0.717, 1.165) is 39.1 Å². The Morgan fingerprint density at radius 1 is 1.38 bits per heavy atom. The fraction of sp³-hybridized carbons (Fsp3) is 0.875. The van der Waals surface area contributed by atoms with Gasteiger partial charge in [0.25, 0.3) is 0 Å². The summed E-state index contributed by atoms with van der Waals surface area (Å²) in [6.45, 7) is 3.57. The molecule has 0 spiro atoms. The smallest absolute Gasteiger partial charge is 0.197 e. The molecular formula is C8H15NO3S. The van der Waals surface area contributed by atoms with Crippen LogP contribution in [-0.2, 0) is 22.1 Å². The maximum atomic E-state index is 10.8. The van der Waals surface area contributed by atoms with Crippen molar-refractivity contribution in [1.29, 1.82) is 0 Å². The molecule has 0 unspecified atom stereocenters. The summed E-state index contributed by atoms with van der Waals surface area (Å²) in [4.78, 5) is 13.1. The van der Waals surface area contributed by atoms with Crippen LogP contribution in [0, 0.1) is 0 Å². The molecule has 0 bridgehead atoms. The summed E-state index contributed by atoms with van der Waals surface area (Å²) in [5.74, 6) is 0.402. The first-order valence-corrected chi connectivity index (χ1v) is 4.56. The number of methoxy groups -OCH3 is 1. The number of likely N-dealkylation sites (tertiary alicyclic amines) is 1. The van der Waals surface area contributed by atoms with Crippen molar-refractivity contribution in [2.75, 3.05) is 33.4 Å². The van der Waals surface area contributed by atoms with Crippen molar-refractivity contribution >= 4 is 18.3 Å². The highest BCUT2D eigenvalue weighted by molar-refractivity contribution is 7.44. The molecule has 0 aromatic carbocycles. The normalized spacial score (nSPS) is 17.8. The molecule has 0 amide bonds. The number of Topliss-reactive ketones (excluding diaryl/α,β-unsaturated/α-hetero) is 1. The molecule has 0 aromatic heterocycles. The van der Waals surface area contributed by atoms with Gasteiger partial charge in [0.05, 0.1) is 6.61 Å². The second kappa shape index (κ2) is 8.22. The molecule has 1 aliphatic rings. The lowest BCUT2D eigenvalue weighted by molar-refractivity contribution is -0.121. The van der Waals surface area contributed by atoms with E-state index in [1.807, 2.05) is 0 Å². The number of ketones is 1. The molecule has 0 radical (unpaired) electrons. The Morgan fingerprint density at radius 2 is 1.92 bits per heavy atom. The number of piperidine rings is 1. The second-order valence-electron chi connectivity index (χ2n) is 2.87. The summed E-state index contributed by atoms with van der Waals surface area (Å²) in [5.41, 5.74) is 0. The third kappa shape index (κ3) is 5.79. The molecule has 0 saturated carbocycles. The first kappa shape index (κ1) is 12.6. The Kier molecular flexibility index (Phi) is 7.97. The molecular weight excluding hydrogens is 190 g/mol. The van der Waals surface area contributed by atoms with Crippen molar-refractivity contribution in [3.8, 4) is 0 Å². The van der Waals surface area contributed by atoms with Crippen LogP contribution in [0.4, 0.5) is 0 Å². The number of hydrogen-bond acceptors (Lipinski definition) is 5. The summed E-state index contributed by atoms with van der Waals surface area (Å²) in [7, 11) is 1.70. The number of ether oxygens (including phenoxy) is 1. The Bertz CT molecular complexity index is 144. The molecule has 0 atom stereocenters. The summed E-state index contributed by atoms with van der Waals surface area (Å²) >= 11 is 2.83. The van der Waals surface area contributed by atoms with Crippen LogP contribution < -0.4 is 0 Å². The summed E-state index contributed by atoms with van der Waals surface area (Å²) < 4.78 is 12.8. The first-order valence-electron chi connectivity index (χ1n) is 4.22. The predicted molar refractivity (Wildman–Crippen MR) is 50.7 cm³/mol. The lowest BCUT2D eigenvalue weighted by Gasteiger charge is -2.24. The zero-order chi connectivity index (χ0) is 10.1. The van der Waals surface area contributed by atoms with Crippen LogP contribution in [0.3, 0.4) is 0 Å². The van der Waals surface area contributed by atoms with E-state index in [4.69, 9.17) is 8.95 Å². The molecule has 76 valence electrons. The van der Waals surface area contributed by atoms with E-state index >= 15 is 0 Å². The van der Waals surface area contributed by atoms with Crippen LogP contribution in [0.2, 0.25) is 0 Å². The monoisotopic (exact) mass is 205 g/mol. The van der Waals surface area contributed by atoms with E-state index in [0.29, 0.717) is 5.78 Å². The zero-order valence-electron chi connectivity index (χ0n) is 7.82. The average molecular weight is 205 g/mol. The highest BCUT2D eigenvalue weighted by Crippen LogP contribution is 2.04. The lowest BCUT2D eigenvalue weighted by Crippen LogP contribution is -2.35. The van der Waals surface area contributed by atoms with Crippen LogP contribution in [0.15, 0.2) is 0 Å². The molecule has 1 fully saturated rings. The second-order valence-corrected chi connectivity index (χ2v) is 2.87. The Labute approximate surface area is 83.8 Å². The van der Waals surface area contributed by atoms with Gasteiger partial charge in [0.1, 0.15) is 5.78 Å². The predicted octanol–water partition coefficient (Wildman–Crippen LogP) is -0.0386. The van der Waals surface area contributed by atoms with Gasteiger partial charge in [-0.1, -0.05) is 0 Å². The fourth-order valence-corrected chi connectivity index (χ4v) is 1.25. The molecule has 0 aliphatic carbocycles. The van der Waals surface area contributed by atoms with Gasteiger partial charge in [0, 0.05) is 39.6 Å². The molecule has 13 heavy (non-hydrogen) atoms. The number of carbonyl (C=O) groups excluding carboxylic acids is 1. The van der Waals surface area contributed by atoms with Crippen LogP contribution in [0.25, 0.3) is 0 Å². The number of nitrogens with zero attached hydrogens (tertiary/aromatic N) is 1. The minimum Gasteiger partial charge on any atom is -0.383 e. The van der Waals surface area contributed by atoms with E-state index in [-0.39, 0.29) is 0 Å². The van der Waals surface area contributed by atoms with E-state index in [2.05, 4.69) is 17.4 Å². The Morgan fingerprint density at radius 3 is 2.38 bits per heavy atom. The molecule has 4 nitrogen and oxygen atoms in total. The Hall–Kier alpha value is -0.390. The average Bonchev–Trinajstić information content (AvgIpc) is 2.20. The van der Waals surface area contributed by atoms with Gasteiger partial charge in [-0.3, -0.25) is 4.79 Å². The summed E-state index contributed by atoms with van der Waals surface area (Å²) in [5, 5.41) is 0. The van der Waals surface area contributed by atoms with Crippen molar-refractivity contribution in [2.45, 2.75) is 12.8 Å². The van der Waals surface area contributed by atoms with E-state index in [1.54, 1.807) is 7.11 Å². The number of rotatable bonds is 3. The molecule has 0 aromatic rings. The van der Waals surface area contributed by atoms with Crippen LogP contribution in [0.5, 0.6) is 0 Å². The summed E-state index contributed by atoms with van der Waals surface area (Å²) in [6.07, 6.45) is 1.45. The SMILES string of the molecule is COCCN1CCC(=O)CC1.O=S. The minimum atomic E-state index is 0.402. The van der Waals surface area contributed by atoms with Crippen molar-refractivity contribution in [2.24, 2.45) is 0 Å². The van der Waals surface area contributed by atoms with Crippen LogP contribution >= 0.6 is 0 Å². The quantitative estimate of drug-likeness (QED) is 0.647. The number of hydrogen-bond donors (Lipinski definition) is 0. The third-order valence-electron chi connectivity index (χ3n) is 2.03. The molecule has 5 heteroatoms. The van der Waals surface area contributed by atoms with E-state index < -0.39 is 0 Å². The van der Waals surface area contributed by atoms with E-state index in [9.17, 15) is 4.79 Å². The molecule has 1 rings (SSSR count).